The number of nitrogens with one attached hydrogen (secondary N) is 2. The Balaban J connectivity index is 1.26. The van der Waals surface area contributed by atoms with Crippen molar-refractivity contribution in [2.45, 2.75) is 49.0 Å². The first-order valence-electron chi connectivity index (χ1n) is 15.3. The van der Waals surface area contributed by atoms with Gasteiger partial charge in [0.25, 0.3) is 5.91 Å². The smallest absolute Gasteiger partial charge is 0.424 e. The number of rotatable bonds is 9. The van der Waals surface area contributed by atoms with Gasteiger partial charge in [0, 0.05) is 28.3 Å². The van der Waals surface area contributed by atoms with E-state index in [-0.39, 0.29) is 65.8 Å². The molecule has 2 atom stereocenters. The van der Waals surface area contributed by atoms with E-state index in [1.165, 1.54) is 38.3 Å². The van der Waals surface area contributed by atoms with Crippen LogP contribution in [0.3, 0.4) is 0 Å². The summed E-state index contributed by atoms with van der Waals surface area (Å²) in [4.78, 5) is 31.0. The minimum atomic E-state index is -5.35. The van der Waals surface area contributed by atoms with E-state index in [0.717, 1.165) is 31.0 Å². The van der Waals surface area contributed by atoms with E-state index in [4.69, 9.17) is 14.2 Å². The predicted molar refractivity (Wildman–Crippen MR) is 162 cm³/mol. The molecule has 1 unspecified atom stereocenters. The van der Waals surface area contributed by atoms with E-state index in [0.29, 0.717) is 10.9 Å². The summed E-state index contributed by atoms with van der Waals surface area (Å²) < 4.78 is 76.8. The fourth-order valence-electron chi connectivity index (χ4n) is 5.83. The van der Waals surface area contributed by atoms with Gasteiger partial charge in [-0.15, -0.1) is 0 Å². The van der Waals surface area contributed by atoms with Crippen LogP contribution in [-0.2, 0) is 20.5 Å². The molecule has 0 radical (unpaired) electrons. The third-order valence-electron chi connectivity index (χ3n) is 9.06. The minimum Gasteiger partial charge on any atom is -0.494 e. The topological polar surface area (TPSA) is 137 Å². The number of aliphatic hydroxyl groups is 1. The van der Waals surface area contributed by atoms with Crippen molar-refractivity contribution in [1.82, 2.24) is 25.4 Å². The highest BCUT2D eigenvalue weighted by molar-refractivity contribution is 6.00. The number of carbonyl (C=O) groups is 2. The molecule has 2 fully saturated rings. The number of nitrogens with zero attached hydrogens (tertiary/aromatic N) is 3. The normalized spacial score (nSPS) is 20.4. The van der Waals surface area contributed by atoms with Gasteiger partial charge in [-0.2, -0.15) is 18.3 Å². The van der Waals surface area contributed by atoms with Crippen LogP contribution < -0.4 is 20.1 Å². The fraction of sp³-hybridized carbons (Fsp3) is 0.394. The minimum absolute atomic E-state index is 0.00856. The Kier molecular flexibility index (Phi) is 7.58. The number of fused-ring (bicyclic) bond motifs is 2. The van der Waals surface area contributed by atoms with E-state index in [9.17, 15) is 32.3 Å². The van der Waals surface area contributed by atoms with Gasteiger partial charge in [-0.05, 0) is 62.2 Å². The lowest BCUT2D eigenvalue weighted by atomic mass is 9.81. The van der Waals surface area contributed by atoms with E-state index < -0.39 is 47.1 Å². The number of methoxy groups -OCH3 is 1. The molecule has 1 saturated heterocycles. The van der Waals surface area contributed by atoms with E-state index >= 15 is 0 Å². The molecule has 252 valence electrons. The van der Waals surface area contributed by atoms with Crippen LogP contribution in [0.4, 0.5) is 17.6 Å². The number of carbonyl (C=O) groups excluding carboxylic acids is 2. The summed E-state index contributed by atoms with van der Waals surface area (Å²) in [6.07, 6.45) is -1.68. The zero-order valence-electron chi connectivity index (χ0n) is 25.9. The lowest BCUT2D eigenvalue weighted by Gasteiger charge is -2.33. The fourth-order valence-corrected chi connectivity index (χ4v) is 5.83. The molecule has 2 aromatic heterocycles. The standard InChI is InChI=1S/C33H31F4N5O6/c1-31(30(44)39-21-13-47-14-21)16-48-28-23(31)11-25(40-27(28)17-3-5-20(34)6-4-17)32(45,33(35,36)37)15-38-29(43)18-9-19-12-42(22-7-8-22)41-26(19)24(10-18)46-2/h3-6,9-12,21-22,45H,7-8,13-16H2,1-2H3,(H,38,43)(H,39,44)/t31-,32?/m0/s1. The van der Waals surface area contributed by atoms with Crippen molar-refractivity contribution in [2.75, 3.05) is 33.5 Å². The molecular formula is C33H31F4N5O6. The number of ether oxygens (including phenoxy) is 3. The monoisotopic (exact) mass is 669 g/mol. The number of alkyl halides is 3. The van der Waals surface area contributed by atoms with Gasteiger partial charge in [-0.1, -0.05) is 0 Å². The Hall–Kier alpha value is -4.76. The third kappa shape index (κ3) is 5.40. The maximum absolute atomic E-state index is 14.9. The van der Waals surface area contributed by atoms with Crippen molar-refractivity contribution < 1.29 is 46.5 Å². The number of halogens is 4. The van der Waals surface area contributed by atoms with Gasteiger partial charge in [-0.3, -0.25) is 14.3 Å². The zero-order valence-corrected chi connectivity index (χ0v) is 25.9. The van der Waals surface area contributed by atoms with Crippen molar-refractivity contribution >= 4 is 22.7 Å². The molecule has 11 nitrogen and oxygen atoms in total. The van der Waals surface area contributed by atoms with Crippen molar-refractivity contribution in [3.8, 4) is 22.8 Å². The van der Waals surface area contributed by atoms with Crippen LogP contribution in [0.5, 0.6) is 11.5 Å². The molecular weight excluding hydrogens is 638 g/mol. The molecule has 1 aliphatic carbocycles. The van der Waals surface area contributed by atoms with Crippen LogP contribution in [0.1, 0.15) is 47.4 Å². The van der Waals surface area contributed by atoms with Crippen molar-refractivity contribution in [3.63, 3.8) is 0 Å². The highest BCUT2D eigenvalue weighted by Crippen LogP contribution is 2.48. The molecule has 4 heterocycles. The quantitative estimate of drug-likeness (QED) is 0.228. The molecule has 2 aliphatic heterocycles. The Bertz CT molecular complexity index is 1920. The second-order valence-electron chi connectivity index (χ2n) is 12.6. The van der Waals surface area contributed by atoms with Gasteiger partial charge in [0.2, 0.25) is 11.5 Å². The lowest BCUT2D eigenvalue weighted by molar-refractivity contribution is -0.265. The van der Waals surface area contributed by atoms with Crippen LogP contribution >= 0.6 is 0 Å². The second kappa shape index (κ2) is 11.4. The van der Waals surface area contributed by atoms with Gasteiger partial charge < -0.3 is 30.0 Å². The Labute approximate surface area is 271 Å². The molecule has 15 heteroatoms. The third-order valence-corrected chi connectivity index (χ3v) is 9.06. The molecule has 48 heavy (non-hydrogen) atoms. The summed E-state index contributed by atoms with van der Waals surface area (Å²) in [5.41, 5.74) is -5.50. The second-order valence-corrected chi connectivity index (χ2v) is 12.6. The first-order chi connectivity index (χ1) is 22.8. The number of benzene rings is 2. The maximum atomic E-state index is 14.9. The summed E-state index contributed by atoms with van der Waals surface area (Å²) in [5, 5.41) is 21.6. The molecule has 0 spiro atoms. The van der Waals surface area contributed by atoms with Gasteiger partial charge in [0.1, 0.15) is 40.5 Å². The maximum Gasteiger partial charge on any atom is 0.424 e. The number of pyridine rings is 1. The van der Waals surface area contributed by atoms with Crippen LogP contribution in [0, 0.1) is 5.82 Å². The summed E-state index contributed by atoms with van der Waals surface area (Å²) in [5.74, 6) is -1.74. The van der Waals surface area contributed by atoms with Crippen LogP contribution in [0.2, 0.25) is 0 Å². The predicted octanol–water partition coefficient (Wildman–Crippen LogP) is 3.93. The number of aromatic nitrogens is 3. The molecule has 3 N–H and O–H groups in total. The lowest BCUT2D eigenvalue weighted by Crippen LogP contribution is -2.54. The Morgan fingerprint density at radius 3 is 2.50 bits per heavy atom. The molecule has 3 aliphatic rings. The zero-order chi connectivity index (χ0) is 34.0. The summed E-state index contributed by atoms with van der Waals surface area (Å²) in [6, 6.07) is 8.60. The largest absolute Gasteiger partial charge is 0.494 e. The molecule has 7 rings (SSSR count). The van der Waals surface area contributed by atoms with Gasteiger partial charge in [0.15, 0.2) is 0 Å². The summed E-state index contributed by atoms with van der Waals surface area (Å²) in [6.45, 7) is 0.522. The van der Waals surface area contributed by atoms with Crippen molar-refractivity contribution in [1.29, 1.82) is 0 Å². The highest BCUT2D eigenvalue weighted by atomic mass is 19.4. The van der Waals surface area contributed by atoms with E-state index in [1.54, 1.807) is 10.9 Å². The van der Waals surface area contributed by atoms with Crippen LogP contribution in [-0.4, -0.2) is 77.4 Å². The summed E-state index contributed by atoms with van der Waals surface area (Å²) >= 11 is 0. The molecule has 2 aromatic carbocycles. The Morgan fingerprint density at radius 1 is 1.15 bits per heavy atom. The number of amides is 2. The van der Waals surface area contributed by atoms with Gasteiger partial charge in [-0.25, -0.2) is 9.37 Å². The molecule has 4 aromatic rings. The molecule has 1 saturated carbocycles. The number of hydrogen-bond acceptors (Lipinski definition) is 8. The molecule has 2 amide bonds. The average molecular weight is 670 g/mol. The van der Waals surface area contributed by atoms with Crippen LogP contribution in [0.15, 0.2) is 48.7 Å². The highest BCUT2D eigenvalue weighted by Gasteiger charge is 2.58. The van der Waals surface area contributed by atoms with Gasteiger partial charge in [0.05, 0.1) is 44.6 Å². The van der Waals surface area contributed by atoms with Crippen molar-refractivity contribution in [3.05, 3.63) is 71.3 Å². The van der Waals surface area contributed by atoms with Gasteiger partial charge >= 0.3 is 6.18 Å². The van der Waals surface area contributed by atoms with Crippen molar-refractivity contribution in [2.24, 2.45) is 0 Å². The SMILES string of the molecule is COc1cc(C(=O)NCC(O)(c2cc3c(c(-c4ccc(F)cc4)n2)OC[C@]3(C)C(=O)NC2COC2)C(F)(F)F)cc2cn(C3CC3)nc12. The van der Waals surface area contributed by atoms with E-state index in [2.05, 4.69) is 20.7 Å². The summed E-state index contributed by atoms with van der Waals surface area (Å²) in [7, 11) is 1.39. The van der Waals surface area contributed by atoms with E-state index in [1.807, 2.05) is 0 Å². The average Bonchev–Trinajstić information content (AvgIpc) is 3.71. The first-order valence-corrected chi connectivity index (χ1v) is 15.3. The Morgan fingerprint density at radius 2 is 1.88 bits per heavy atom. The molecule has 0 bridgehead atoms. The van der Waals surface area contributed by atoms with Crippen LogP contribution in [0.25, 0.3) is 22.2 Å². The number of hydrogen-bond donors (Lipinski definition) is 3. The first kappa shape index (κ1) is 31.8.